The average Bonchev–Trinajstić information content (AvgIpc) is 2.55. The summed E-state index contributed by atoms with van der Waals surface area (Å²) in [5, 5.41) is 12.1. The van der Waals surface area contributed by atoms with Crippen molar-refractivity contribution in [3.8, 4) is 0 Å². The summed E-state index contributed by atoms with van der Waals surface area (Å²) in [7, 11) is 1.50. The van der Waals surface area contributed by atoms with Crippen LogP contribution in [0.25, 0.3) is 0 Å². The fraction of sp³-hybridized carbons (Fsp3) is 0.364. The number of hydrogen-bond acceptors (Lipinski definition) is 3. The first-order valence-electron chi connectivity index (χ1n) is 4.86. The van der Waals surface area contributed by atoms with E-state index < -0.39 is 18.3 Å². The van der Waals surface area contributed by atoms with Crippen molar-refractivity contribution in [3.63, 3.8) is 0 Å². The maximum Gasteiger partial charge on any atom is 0.407 e. The van der Waals surface area contributed by atoms with Gasteiger partial charge in [-0.3, -0.25) is 0 Å². The van der Waals surface area contributed by atoms with E-state index in [1.807, 2.05) is 24.3 Å². The normalized spacial score (nSPS) is 23.3. The number of alkyl carbamates (subject to hydrolysis) is 1. The van der Waals surface area contributed by atoms with E-state index >= 15 is 0 Å². The van der Waals surface area contributed by atoms with Crippen LogP contribution in [0.3, 0.4) is 0 Å². The summed E-state index contributed by atoms with van der Waals surface area (Å²) in [5.41, 5.74) is 1.94. The zero-order chi connectivity index (χ0) is 10.8. The van der Waals surface area contributed by atoms with Gasteiger partial charge in [0.2, 0.25) is 0 Å². The molecule has 1 amide bonds. The van der Waals surface area contributed by atoms with Crippen molar-refractivity contribution in [2.24, 2.45) is 0 Å². The molecule has 0 aliphatic heterocycles. The summed E-state index contributed by atoms with van der Waals surface area (Å²) >= 11 is 0. The Morgan fingerprint density at radius 2 is 2.27 bits per heavy atom. The lowest BCUT2D eigenvalue weighted by atomic mass is 10.1. The number of aliphatic hydroxyl groups is 1. The third kappa shape index (κ3) is 1.80. The van der Waals surface area contributed by atoms with Crippen molar-refractivity contribution in [3.05, 3.63) is 35.4 Å². The Morgan fingerprint density at radius 1 is 1.53 bits per heavy atom. The highest BCUT2D eigenvalue weighted by atomic mass is 16.6. The predicted octanol–water partition coefficient (Wildman–Crippen LogP) is 1.00. The molecule has 2 N–H and O–H groups in total. The van der Waals surface area contributed by atoms with Gasteiger partial charge in [-0.1, -0.05) is 24.3 Å². The molecule has 2 rings (SSSR count). The Morgan fingerprint density at radius 3 is 3.00 bits per heavy atom. The monoisotopic (exact) mass is 207 g/mol. The van der Waals surface area contributed by atoms with E-state index in [-0.39, 0.29) is 0 Å². The van der Waals surface area contributed by atoms with E-state index in [9.17, 15) is 9.90 Å². The van der Waals surface area contributed by atoms with E-state index in [0.717, 1.165) is 11.1 Å². The fourth-order valence-electron chi connectivity index (χ4n) is 1.85. The molecule has 0 aromatic heterocycles. The van der Waals surface area contributed by atoms with Gasteiger partial charge in [0, 0.05) is 13.5 Å². The number of nitrogens with one attached hydrogen (secondary N) is 1. The Balaban J connectivity index is 2.22. The van der Waals surface area contributed by atoms with Gasteiger partial charge in [0.1, 0.15) is 0 Å². The van der Waals surface area contributed by atoms with Crippen molar-refractivity contribution >= 4 is 6.09 Å². The Bertz CT molecular complexity index is 378. The maximum absolute atomic E-state index is 11.1. The number of fused-ring (bicyclic) bond motifs is 1. The second-order valence-corrected chi connectivity index (χ2v) is 3.55. The Kier molecular flexibility index (Phi) is 2.60. The second kappa shape index (κ2) is 3.90. The number of amides is 1. The number of benzene rings is 1. The van der Waals surface area contributed by atoms with E-state index in [1.54, 1.807) is 0 Å². The molecule has 1 aliphatic carbocycles. The van der Waals surface area contributed by atoms with Crippen LogP contribution < -0.4 is 5.32 Å². The molecule has 0 spiro atoms. The van der Waals surface area contributed by atoms with Crippen molar-refractivity contribution < 1.29 is 14.6 Å². The molecule has 0 saturated heterocycles. The number of aliphatic hydroxyl groups excluding tert-OH is 1. The fourth-order valence-corrected chi connectivity index (χ4v) is 1.85. The molecule has 0 fully saturated rings. The molecule has 1 aromatic carbocycles. The average molecular weight is 207 g/mol. The lowest BCUT2D eigenvalue weighted by Gasteiger charge is -2.16. The standard InChI is InChI=1S/C11H13NO3/c1-12-11(14)15-10-8-5-3-2-4-7(8)6-9(10)13/h2-5,9-10,13H,6H2,1H3,(H,12,14)/t9-,10+/m1/s1. The van der Waals surface area contributed by atoms with Crippen molar-refractivity contribution in [2.45, 2.75) is 18.6 Å². The van der Waals surface area contributed by atoms with Crippen LogP contribution in [-0.2, 0) is 11.2 Å². The van der Waals surface area contributed by atoms with Gasteiger partial charge in [0.05, 0.1) is 6.10 Å². The molecule has 0 unspecified atom stereocenters. The zero-order valence-corrected chi connectivity index (χ0v) is 8.43. The Labute approximate surface area is 87.9 Å². The minimum absolute atomic E-state index is 0.518. The van der Waals surface area contributed by atoms with Crippen LogP contribution >= 0.6 is 0 Å². The minimum atomic E-state index is -0.639. The molecule has 0 heterocycles. The highest BCUT2D eigenvalue weighted by Crippen LogP contribution is 2.33. The van der Waals surface area contributed by atoms with Gasteiger partial charge in [-0.15, -0.1) is 0 Å². The van der Waals surface area contributed by atoms with E-state index in [2.05, 4.69) is 5.32 Å². The van der Waals surface area contributed by atoms with Gasteiger partial charge < -0.3 is 15.2 Å². The molecule has 2 atom stereocenters. The quantitative estimate of drug-likeness (QED) is 0.722. The van der Waals surface area contributed by atoms with Crippen LogP contribution in [0.2, 0.25) is 0 Å². The first-order chi connectivity index (χ1) is 7.22. The number of carbonyl (C=O) groups is 1. The molecular formula is C11H13NO3. The van der Waals surface area contributed by atoms with Gasteiger partial charge >= 0.3 is 6.09 Å². The summed E-state index contributed by atoms with van der Waals surface area (Å²) in [4.78, 5) is 11.1. The molecule has 0 saturated carbocycles. The van der Waals surface area contributed by atoms with Gasteiger partial charge in [-0.2, -0.15) is 0 Å². The van der Waals surface area contributed by atoms with E-state index in [4.69, 9.17) is 4.74 Å². The molecule has 1 aliphatic rings. The molecule has 4 nitrogen and oxygen atoms in total. The SMILES string of the molecule is CNC(=O)O[C@H]1c2ccccc2C[C@H]1O. The number of rotatable bonds is 1. The summed E-state index contributed by atoms with van der Waals surface area (Å²) < 4.78 is 5.10. The number of hydrogen-bond donors (Lipinski definition) is 2. The summed E-state index contributed by atoms with van der Waals surface area (Å²) in [6.07, 6.45) is -1.16. The zero-order valence-electron chi connectivity index (χ0n) is 8.43. The second-order valence-electron chi connectivity index (χ2n) is 3.55. The first-order valence-corrected chi connectivity index (χ1v) is 4.86. The molecule has 4 heteroatoms. The summed E-state index contributed by atoms with van der Waals surface area (Å²) in [5.74, 6) is 0. The summed E-state index contributed by atoms with van der Waals surface area (Å²) in [6, 6.07) is 7.59. The molecule has 0 radical (unpaired) electrons. The smallest absolute Gasteiger partial charge is 0.407 e. The highest BCUT2D eigenvalue weighted by molar-refractivity contribution is 5.67. The van der Waals surface area contributed by atoms with E-state index in [1.165, 1.54) is 7.05 Å². The minimum Gasteiger partial charge on any atom is -0.439 e. The van der Waals surface area contributed by atoms with Gasteiger partial charge in [0.25, 0.3) is 0 Å². The van der Waals surface area contributed by atoms with Crippen LogP contribution in [0, 0.1) is 0 Å². The third-order valence-electron chi connectivity index (χ3n) is 2.58. The van der Waals surface area contributed by atoms with Crippen LogP contribution in [-0.4, -0.2) is 24.4 Å². The van der Waals surface area contributed by atoms with Gasteiger partial charge in [0.15, 0.2) is 6.10 Å². The highest BCUT2D eigenvalue weighted by Gasteiger charge is 2.33. The Hall–Kier alpha value is -1.55. The molecule has 15 heavy (non-hydrogen) atoms. The van der Waals surface area contributed by atoms with E-state index in [0.29, 0.717) is 6.42 Å². The van der Waals surface area contributed by atoms with Crippen molar-refractivity contribution in [1.29, 1.82) is 0 Å². The predicted molar refractivity (Wildman–Crippen MR) is 54.4 cm³/mol. The van der Waals surface area contributed by atoms with Crippen LogP contribution in [0.4, 0.5) is 4.79 Å². The van der Waals surface area contributed by atoms with Gasteiger partial charge in [-0.25, -0.2) is 4.79 Å². The van der Waals surface area contributed by atoms with Crippen LogP contribution in [0.1, 0.15) is 17.2 Å². The summed E-state index contributed by atoms with van der Waals surface area (Å²) in [6.45, 7) is 0. The van der Waals surface area contributed by atoms with Crippen molar-refractivity contribution in [2.75, 3.05) is 7.05 Å². The largest absolute Gasteiger partial charge is 0.439 e. The molecule has 1 aromatic rings. The molecule has 0 bridgehead atoms. The number of ether oxygens (including phenoxy) is 1. The topological polar surface area (TPSA) is 58.6 Å². The molecule has 80 valence electrons. The lowest BCUT2D eigenvalue weighted by molar-refractivity contribution is 0.0137. The third-order valence-corrected chi connectivity index (χ3v) is 2.58. The lowest BCUT2D eigenvalue weighted by Crippen LogP contribution is -2.26. The van der Waals surface area contributed by atoms with Crippen LogP contribution in [0.5, 0.6) is 0 Å². The van der Waals surface area contributed by atoms with Crippen molar-refractivity contribution in [1.82, 2.24) is 5.32 Å². The first kappa shape index (κ1) is 9.98. The molecular weight excluding hydrogens is 194 g/mol. The number of carbonyl (C=O) groups excluding carboxylic acids is 1. The van der Waals surface area contributed by atoms with Crippen LogP contribution in [0.15, 0.2) is 24.3 Å². The maximum atomic E-state index is 11.1. The van der Waals surface area contributed by atoms with Gasteiger partial charge in [-0.05, 0) is 11.1 Å².